The van der Waals surface area contributed by atoms with Crippen LogP contribution in [0.5, 0.6) is 0 Å². The molecule has 1 unspecified atom stereocenters. The number of nitrogen functional groups attached to an aromatic ring is 1. The van der Waals surface area contributed by atoms with Crippen molar-refractivity contribution in [3.05, 3.63) is 83.2 Å². The van der Waals surface area contributed by atoms with Gasteiger partial charge < -0.3 is 25.8 Å². The summed E-state index contributed by atoms with van der Waals surface area (Å²) in [6, 6.07) is 13.4. The number of carbonyl (C=O) groups is 2. The maximum absolute atomic E-state index is 13.8. The number of amides is 2. The summed E-state index contributed by atoms with van der Waals surface area (Å²) in [4.78, 5) is 41.0. The van der Waals surface area contributed by atoms with E-state index in [2.05, 4.69) is 32.1 Å². The molecule has 13 heteroatoms. The normalized spacial score (nSPS) is 14.8. The number of anilines is 2. The Morgan fingerprint density at radius 3 is 2.27 bits per heavy atom. The highest BCUT2D eigenvalue weighted by Gasteiger charge is 2.34. The van der Waals surface area contributed by atoms with Gasteiger partial charge in [-0.1, -0.05) is 30.3 Å². The Hall–Kier alpha value is -4.78. The summed E-state index contributed by atoms with van der Waals surface area (Å²) in [5, 5.41) is 3.57. The first kappa shape index (κ1) is 31.6. The Kier molecular flexibility index (Phi) is 8.91. The number of halogens is 4. The summed E-state index contributed by atoms with van der Waals surface area (Å²) in [6.07, 6.45) is -4.70. The third-order valence-electron chi connectivity index (χ3n) is 7.80. The second kappa shape index (κ2) is 12.7. The highest BCUT2D eigenvalue weighted by atomic mass is 19.4. The van der Waals surface area contributed by atoms with E-state index in [0.717, 1.165) is 43.7 Å². The predicted octanol–water partition coefficient (Wildman–Crippen LogP) is 4.22. The lowest BCUT2D eigenvalue weighted by atomic mass is 9.98. The molecule has 5 rings (SSSR count). The largest absolute Gasteiger partial charge is 0.419 e. The van der Waals surface area contributed by atoms with Gasteiger partial charge in [0.25, 0.3) is 5.91 Å². The minimum atomic E-state index is -4.82. The summed E-state index contributed by atoms with van der Waals surface area (Å²) < 4.78 is 53.3. The molecule has 1 fully saturated rings. The molecular formula is C32H33F4N7O2. The number of nitrogens with two attached hydrogens (primary N) is 1. The Balaban J connectivity index is 1.35. The van der Waals surface area contributed by atoms with Crippen LogP contribution in [0.15, 0.2) is 60.7 Å². The van der Waals surface area contributed by atoms with E-state index < -0.39 is 29.5 Å². The average molecular weight is 624 g/mol. The maximum atomic E-state index is 13.8. The maximum Gasteiger partial charge on any atom is 0.419 e. The van der Waals surface area contributed by atoms with E-state index in [1.807, 2.05) is 0 Å². The quantitative estimate of drug-likeness (QED) is 0.297. The molecule has 3 N–H and O–H groups in total. The number of nitrogens with one attached hydrogen (secondary N) is 1. The molecule has 0 radical (unpaired) electrons. The van der Waals surface area contributed by atoms with Gasteiger partial charge in [0.2, 0.25) is 11.9 Å². The smallest absolute Gasteiger partial charge is 0.368 e. The first-order valence-electron chi connectivity index (χ1n) is 14.3. The summed E-state index contributed by atoms with van der Waals surface area (Å²) in [6.45, 7) is 3.30. The lowest BCUT2D eigenvalue weighted by molar-refractivity contribution is -0.140. The molecule has 3 aromatic carbocycles. The highest BCUT2D eigenvalue weighted by molar-refractivity contribution is 6.02. The second-order valence-corrected chi connectivity index (χ2v) is 11.3. The van der Waals surface area contributed by atoms with Crippen LogP contribution in [-0.2, 0) is 17.4 Å². The van der Waals surface area contributed by atoms with E-state index in [1.54, 1.807) is 56.6 Å². The first-order chi connectivity index (χ1) is 21.3. The fraction of sp³-hybridized carbons (Fsp3) is 0.312. The Morgan fingerprint density at radius 2 is 1.62 bits per heavy atom. The Morgan fingerprint density at radius 1 is 0.956 bits per heavy atom. The summed E-state index contributed by atoms with van der Waals surface area (Å²) >= 11 is 0. The molecule has 0 spiro atoms. The van der Waals surface area contributed by atoms with Crippen molar-refractivity contribution >= 4 is 34.5 Å². The van der Waals surface area contributed by atoms with Gasteiger partial charge in [0.15, 0.2) is 0 Å². The van der Waals surface area contributed by atoms with E-state index in [9.17, 15) is 27.2 Å². The third kappa shape index (κ3) is 7.14. The van der Waals surface area contributed by atoms with Crippen LogP contribution in [0, 0.1) is 5.82 Å². The number of aromatic nitrogens is 2. The van der Waals surface area contributed by atoms with Crippen LogP contribution < -0.4 is 16.0 Å². The number of fused-ring (bicyclic) bond motifs is 1. The molecule has 9 nitrogen and oxygen atoms in total. The Labute approximate surface area is 257 Å². The van der Waals surface area contributed by atoms with Crippen LogP contribution in [0.1, 0.15) is 21.5 Å². The van der Waals surface area contributed by atoms with Gasteiger partial charge in [-0.2, -0.15) is 18.2 Å². The van der Waals surface area contributed by atoms with E-state index in [-0.39, 0.29) is 29.4 Å². The number of hydrogen-bond donors (Lipinski definition) is 2. The van der Waals surface area contributed by atoms with Crippen molar-refractivity contribution in [3.8, 4) is 11.1 Å². The Bertz CT molecular complexity index is 1720. The minimum Gasteiger partial charge on any atom is -0.368 e. The zero-order valence-corrected chi connectivity index (χ0v) is 25.0. The SMILES string of the molecule is CN1CCN(c2nc(N)nc3cc(C(=O)NC(Cc4ccc(-c5ccc(F)c(C(F)(F)F)c5)cc4)C(=O)N(C)C)ccc23)CC1. The number of alkyl halides is 3. The van der Waals surface area contributed by atoms with Gasteiger partial charge in [-0.3, -0.25) is 9.59 Å². The number of hydrogen-bond acceptors (Lipinski definition) is 7. The molecule has 4 aromatic rings. The second-order valence-electron chi connectivity index (χ2n) is 11.3. The number of carbonyl (C=O) groups excluding carboxylic acids is 2. The topological polar surface area (TPSA) is 108 Å². The summed E-state index contributed by atoms with van der Waals surface area (Å²) in [5.41, 5.74) is 6.77. The lowest BCUT2D eigenvalue weighted by Gasteiger charge is -2.33. The lowest BCUT2D eigenvalue weighted by Crippen LogP contribution is -2.47. The number of piperazine rings is 1. The van der Waals surface area contributed by atoms with Crippen molar-refractivity contribution in [2.24, 2.45) is 0 Å². The highest BCUT2D eigenvalue weighted by Crippen LogP contribution is 2.34. The van der Waals surface area contributed by atoms with Gasteiger partial charge in [-0.15, -0.1) is 0 Å². The number of likely N-dealkylation sites (N-methyl/N-ethyl adjacent to an activating group) is 2. The van der Waals surface area contributed by atoms with Gasteiger partial charge in [0.1, 0.15) is 17.7 Å². The monoisotopic (exact) mass is 623 g/mol. The van der Waals surface area contributed by atoms with Crippen LogP contribution in [0.4, 0.5) is 29.3 Å². The molecule has 45 heavy (non-hydrogen) atoms. The van der Waals surface area contributed by atoms with Crippen LogP contribution >= 0.6 is 0 Å². The van der Waals surface area contributed by atoms with Crippen molar-refractivity contribution in [1.29, 1.82) is 0 Å². The molecule has 1 aromatic heterocycles. The number of benzene rings is 3. The van der Waals surface area contributed by atoms with Gasteiger partial charge >= 0.3 is 6.18 Å². The van der Waals surface area contributed by atoms with Crippen LogP contribution in [0.25, 0.3) is 22.0 Å². The minimum absolute atomic E-state index is 0.0911. The summed E-state index contributed by atoms with van der Waals surface area (Å²) in [7, 11) is 5.21. The molecule has 2 amide bonds. The standard InChI is InChI=1S/C32H33F4N7O2/c1-41(2)30(45)27(16-19-4-6-20(7-5-19)21-9-11-25(33)24(17-21)32(34,35)36)38-29(44)22-8-10-23-26(18-22)39-31(37)40-28(23)43-14-12-42(3)13-15-43/h4-11,17-18,27H,12-16H2,1-3H3,(H,38,44)(H2,37,39,40). The van der Waals surface area contributed by atoms with Gasteiger partial charge in [-0.25, -0.2) is 9.37 Å². The molecule has 0 aliphatic carbocycles. The van der Waals surface area contributed by atoms with Crippen LogP contribution in [-0.4, -0.2) is 84.9 Å². The fourth-order valence-corrected chi connectivity index (χ4v) is 5.28. The average Bonchev–Trinajstić information content (AvgIpc) is 3.00. The molecule has 1 aliphatic rings. The molecule has 1 atom stereocenters. The molecular weight excluding hydrogens is 590 g/mol. The first-order valence-corrected chi connectivity index (χ1v) is 14.3. The van der Waals surface area contributed by atoms with Crippen LogP contribution in [0.2, 0.25) is 0 Å². The number of rotatable bonds is 7. The molecule has 2 heterocycles. The fourth-order valence-electron chi connectivity index (χ4n) is 5.28. The van der Waals surface area contributed by atoms with Crippen molar-refractivity contribution in [2.75, 3.05) is 58.0 Å². The molecule has 236 valence electrons. The zero-order valence-electron chi connectivity index (χ0n) is 25.0. The van der Waals surface area contributed by atoms with Crippen molar-refractivity contribution < 1.29 is 27.2 Å². The molecule has 0 saturated carbocycles. The van der Waals surface area contributed by atoms with Crippen molar-refractivity contribution in [1.82, 2.24) is 25.1 Å². The summed E-state index contributed by atoms with van der Waals surface area (Å²) in [5.74, 6) is -1.38. The van der Waals surface area contributed by atoms with Crippen LogP contribution in [0.3, 0.4) is 0 Å². The van der Waals surface area contributed by atoms with E-state index in [0.29, 0.717) is 22.5 Å². The zero-order chi connectivity index (χ0) is 32.5. The number of nitrogens with zero attached hydrogens (tertiary/aromatic N) is 5. The molecule has 1 saturated heterocycles. The molecule has 0 bridgehead atoms. The van der Waals surface area contributed by atoms with Gasteiger partial charge in [0, 0.05) is 57.6 Å². The van der Waals surface area contributed by atoms with E-state index in [4.69, 9.17) is 5.73 Å². The molecule has 1 aliphatic heterocycles. The van der Waals surface area contributed by atoms with Crippen molar-refractivity contribution in [3.63, 3.8) is 0 Å². The third-order valence-corrected chi connectivity index (χ3v) is 7.80. The van der Waals surface area contributed by atoms with Gasteiger partial charge in [0.05, 0.1) is 11.1 Å². The van der Waals surface area contributed by atoms with E-state index in [1.165, 1.54) is 11.0 Å². The van der Waals surface area contributed by atoms with E-state index >= 15 is 0 Å². The van der Waals surface area contributed by atoms with Gasteiger partial charge in [-0.05, 0) is 54.1 Å². The van der Waals surface area contributed by atoms with Crippen molar-refractivity contribution in [2.45, 2.75) is 18.6 Å². The predicted molar refractivity (Wildman–Crippen MR) is 164 cm³/mol.